The fraction of sp³-hybridized carbons (Fsp3) is 0.650. The maximum absolute atomic E-state index is 12.9. The van der Waals surface area contributed by atoms with Crippen LogP contribution in [-0.4, -0.2) is 50.8 Å². The number of likely N-dealkylation sites (tertiary alicyclic amines) is 1. The summed E-state index contributed by atoms with van der Waals surface area (Å²) in [5.41, 5.74) is 0.495. The first kappa shape index (κ1) is 21.2. The van der Waals surface area contributed by atoms with E-state index in [1.807, 2.05) is 0 Å². The molecule has 0 N–H and O–H groups in total. The van der Waals surface area contributed by atoms with Crippen LogP contribution in [-0.2, 0) is 20.4 Å². The van der Waals surface area contributed by atoms with Gasteiger partial charge in [0.25, 0.3) is 0 Å². The van der Waals surface area contributed by atoms with Crippen molar-refractivity contribution >= 4 is 27.3 Å². The molecule has 0 spiro atoms. The van der Waals surface area contributed by atoms with E-state index in [2.05, 4.69) is 13.8 Å². The van der Waals surface area contributed by atoms with E-state index in [9.17, 15) is 13.2 Å². The summed E-state index contributed by atoms with van der Waals surface area (Å²) in [6.07, 6.45) is 1.79. The lowest BCUT2D eigenvalue weighted by molar-refractivity contribution is -0.133. The zero-order chi connectivity index (χ0) is 20.5. The number of piperidine rings is 1. The van der Waals surface area contributed by atoms with Gasteiger partial charge >= 0.3 is 0 Å². The molecule has 2 aliphatic rings. The van der Waals surface area contributed by atoms with Crippen LogP contribution in [0.2, 0.25) is 5.02 Å². The quantitative estimate of drug-likeness (QED) is 0.734. The number of hydrogen-bond acceptors (Lipinski definition) is 5. The molecule has 3 atom stereocenters. The van der Waals surface area contributed by atoms with Gasteiger partial charge in [0, 0.05) is 19.5 Å². The first-order valence-electron chi connectivity index (χ1n) is 9.75. The molecule has 8 heteroatoms. The van der Waals surface area contributed by atoms with Gasteiger partial charge < -0.3 is 14.4 Å². The number of benzene rings is 1. The first-order valence-corrected chi connectivity index (χ1v) is 11.8. The third kappa shape index (κ3) is 4.74. The molecule has 3 rings (SSSR count). The summed E-state index contributed by atoms with van der Waals surface area (Å²) in [4.78, 5) is 14.5. The van der Waals surface area contributed by atoms with E-state index in [1.54, 1.807) is 17.0 Å². The first-order chi connectivity index (χ1) is 13.2. The van der Waals surface area contributed by atoms with Gasteiger partial charge in [-0.25, -0.2) is 8.42 Å². The maximum Gasteiger partial charge on any atom is 0.240 e. The average molecular weight is 430 g/mol. The van der Waals surface area contributed by atoms with Gasteiger partial charge in [0.15, 0.2) is 21.3 Å². The van der Waals surface area contributed by atoms with Crippen molar-refractivity contribution in [2.75, 3.05) is 26.3 Å². The van der Waals surface area contributed by atoms with E-state index >= 15 is 0 Å². The zero-order valence-corrected chi connectivity index (χ0v) is 18.2. The minimum absolute atomic E-state index is 0.269. The fourth-order valence-corrected chi connectivity index (χ4v) is 5.60. The second-order valence-electron chi connectivity index (χ2n) is 8.09. The molecule has 0 aromatic heterocycles. The molecule has 1 saturated heterocycles. The van der Waals surface area contributed by atoms with Crippen LogP contribution in [0.25, 0.3) is 0 Å². The summed E-state index contributed by atoms with van der Waals surface area (Å²) < 4.78 is 37.1. The van der Waals surface area contributed by atoms with Crippen LogP contribution in [0.3, 0.4) is 0 Å². The van der Waals surface area contributed by atoms with Crippen molar-refractivity contribution in [1.82, 2.24) is 4.90 Å². The monoisotopic (exact) mass is 429 g/mol. The highest BCUT2D eigenvalue weighted by Gasteiger charge is 2.35. The number of hydrogen-bond donors (Lipinski definition) is 0. The highest BCUT2D eigenvalue weighted by atomic mass is 35.5. The van der Waals surface area contributed by atoms with Gasteiger partial charge in [-0.1, -0.05) is 25.4 Å². The molecule has 0 aliphatic carbocycles. The van der Waals surface area contributed by atoms with Gasteiger partial charge in [0.2, 0.25) is 5.91 Å². The topological polar surface area (TPSA) is 72.9 Å². The Morgan fingerprint density at radius 3 is 2.54 bits per heavy atom. The van der Waals surface area contributed by atoms with E-state index < -0.39 is 15.1 Å². The number of sulfone groups is 1. The molecule has 2 aliphatic heterocycles. The summed E-state index contributed by atoms with van der Waals surface area (Å²) in [6, 6.07) is 3.22. The number of halogens is 1. The third-order valence-electron chi connectivity index (χ3n) is 5.30. The van der Waals surface area contributed by atoms with Crippen LogP contribution in [0.4, 0.5) is 0 Å². The standard InChI is InChI=1S/C20H28ClNO5S/c1-13-7-14(2)11-22(10-13)20(23)15(3)28(24,25)12-16-8-17(21)19-18(9-16)26-5-4-6-27-19/h8-9,13-15H,4-7,10-12H2,1-3H3/t13-,14-,15+/m1/s1. The molecule has 2 heterocycles. The predicted octanol–water partition coefficient (Wildman–Crippen LogP) is 3.31. The van der Waals surface area contributed by atoms with Crippen LogP contribution >= 0.6 is 11.6 Å². The molecule has 156 valence electrons. The lowest BCUT2D eigenvalue weighted by atomic mass is 9.92. The molecule has 0 bridgehead atoms. The van der Waals surface area contributed by atoms with Crippen LogP contribution in [0, 0.1) is 11.8 Å². The van der Waals surface area contributed by atoms with Crippen LogP contribution < -0.4 is 9.47 Å². The van der Waals surface area contributed by atoms with E-state index in [1.165, 1.54) is 6.92 Å². The summed E-state index contributed by atoms with van der Waals surface area (Å²) in [7, 11) is -3.70. The molecule has 1 aromatic carbocycles. The molecule has 0 saturated carbocycles. The van der Waals surface area contributed by atoms with E-state index in [-0.39, 0.29) is 11.7 Å². The summed E-state index contributed by atoms with van der Waals surface area (Å²) in [5.74, 6) is 1.06. The molecule has 28 heavy (non-hydrogen) atoms. The van der Waals surface area contributed by atoms with Gasteiger partial charge in [-0.3, -0.25) is 4.79 Å². The fourth-order valence-electron chi connectivity index (χ4n) is 3.98. The Bertz CT molecular complexity index is 831. The SMILES string of the molecule is C[C@@H]1C[C@@H](C)CN(C(=O)[C@H](C)S(=O)(=O)Cc2cc(Cl)c3c(c2)OCCCO3)C1. The summed E-state index contributed by atoms with van der Waals surface area (Å²) in [5, 5.41) is -0.776. The number of carbonyl (C=O) groups excluding carboxylic acids is 1. The van der Waals surface area contributed by atoms with Crippen molar-refractivity contribution in [3.05, 3.63) is 22.7 Å². The van der Waals surface area contributed by atoms with Gasteiger partial charge in [0.1, 0.15) is 5.25 Å². The maximum atomic E-state index is 12.9. The lowest BCUT2D eigenvalue weighted by Crippen LogP contribution is -2.48. The van der Waals surface area contributed by atoms with E-state index in [0.29, 0.717) is 60.2 Å². The number of carbonyl (C=O) groups is 1. The van der Waals surface area contributed by atoms with Crippen molar-refractivity contribution < 1.29 is 22.7 Å². The van der Waals surface area contributed by atoms with Gasteiger partial charge in [0.05, 0.1) is 24.0 Å². The van der Waals surface area contributed by atoms with Gasteiger partial charge in [-0.2, -0.15) is 0 Å². The summed E-state index contributed by atoms with van der Waals surface area (Å²) >= 11 is 6.27. The Balaban J connectivity index is 1.77. The summed E-state index contributed by atoms with van der Waals surface area (Å²) in [6.45, 7) is 7.87. The number of ether oxygens (including phenoxy) is 2. The van der Waals surface area contributed by atoms with E-state index in [0.717, 1.165) is 12.8 Å². The van der Waals surface area contributed by atoms with Gasteiger partial charge in [-0.15, -0.1) is 0 Å². The largest absolute Gasteiger partial charge is 0.489 e. The van der Waals surface area contributed by atoms with Crippen LogP contribution in [0.5, 0.6) is 11.5 Å². The Morgan fingerprint density at radius 2 is 1.86 bits per heavy atom. The number of amides is 1. The normalized spacial score (nSPS) is 23.8. The lowest BCUT2D eigenvalue weighted by Gasteiger charge is -2.36. The second kappa shape index (κ2) is 8.49. The van der Waals surface area contributed by atoms with Crippen molar-refractivity contribution in [3.8, 4) is 11.5 Å². The van der Waals surface area contributed by atoms with Crippen LogP contribution in [0.1, 0.15) is 39.2 Å². The third-order valence-corrected chi connectivity index (χ3v) is 7.59. The molecule has 0 unspecified atom stereocenters. The molecule has 6 nitrogen and oxygen atoms in total. The second-order valence-corrected chi connectivity index (χ2v) is 10.8. The molecular weight excluding hydrogens is 402 g/mol. The Hall–Kier alpha value is -1.47. The Morgan fingerprint density at radius 1 is 1.21 bits per heavy atom. The number of nitrogens with zero attached hydrogens (tertiary/aromatic N) is 1. The van der Waals surface area contributed by atoms with Crippen molar-refractivity contribution in [1.29, 1.82) is 0 Å². The molecule has 1 fully saturated rings. The predicted molar refractivity (Wildman–Crippen MR) is 109 cm³/mol. The highest BCUT2D eigenvalue weighted by molar-refractivity contribution is 7.92. The smallest absolute Gasteiger partial charge is 0.240 e. The Labute approximate surface area is 172 Å². The van der Waals surface area contributed by atoms with Crippen molar-refractivity contribution in [2.24, 2.45) is 11.8 Å². The molecule has 1 amide bonds. The molecular formula is C20H28ClNO5S. The number of rotatable bonds is 4. The minimum Gasteiger partial charge on any atom is -0.489 e. The highest BCUT2D eigenvalue weighted by Crippen LogP contribution is 2.38. The Kier molecular flexibility index (Phi) is 6.44. The molecule has 1 aromatic rings. The zero-order valence-electron chi connectivity index (χ0n) is 16.6. The van der Waals surface area contributed by atoms with Crippen molar-refractivity contribution in [3.63, 3.8) is 0 Å². The number of fused-ring (bicyclic) bond motifs is 1. The average Bonchev–Trinajstić information content (AvgIpc) is 2.85. The van der Waals surface area contributed by atoms with Crippen molar-refractivity contribution in [2.45, 2.75) is 44.6 Å². The van der Waals surface area contributed by atoms with Crippen LogP contribution in [0.15, 0.2) is 12.1 Å². The molecule has 0 radical (unpaired) electrons. The minimum atomic E-state index is -3.70. The van der Waals surface area contributed by atoms with Gasteiger partial charge in [-0.05, 0) is 42.9 Å². The van der Waals surface area contributed by atoms with E-state index in [4.69, 9.17) is 21.1 Å².